The molecule has 0 spiro atoms. The summed E-state index contributed by atoms with van der Waals surface area (Å²) in [5.41, 5.74) is 2.02. The quantitative estimate of drug-likeness (QED) is 0.908. The van der Waals surface area contributed by atoms with Crippen LogP contribution in [0.3, 0.4) is 0 Å². The maximum Gasteiger partial charge on any atom is 0.274 e. The molecule has 1 aromatic carbocycles. The van der Waals surface area contributed by atoms with Crippen LogP contribution in [0.25, 0.3) is 0 Å². The number of benzene rings is 1. The molecule has 2 rings (SSSR count). The Morgan fingerprint density at radius 3 is 2.76 bits per heavy atom. The van der Waals surface area contributed by atoms with E-state index in [1.165, 1.54) is 6.07 Å². The van der Waals surface area contributed by atoms with Crippen LogP contribution in [-0.2, 0) is 0 Å². The van der Waals surface area contributed by atoms with Crippen LogP contribution in [0.1, 0.15) is 23.0 Å². The smallest absolute Gasteiger partial charge is 0.274 e. The van der Waals surface area contributed by atoms with Gasteiger partial charge in [0.15, 0.2) is 0 Å². The molecule has 1 amide bonds. The molecule has 6 heteroatoms. The first-order chi connectivity index (χ1) is 10.1. The Hall–Kier alpha value is -2.58. The van der Waals surface area contributed by atoms with Gasteiger partial charge in [-0.2, -0.15) is 5.26 Å². The van der Waals surface area contributed by atoms with Crippen molar-refractivity contribution < 1.29 is 4.79 Å². The van der Waals surface area contributed by atoms with Gasteiger partial charge in [-0.1, -0.05) is 11.6 Å². The number of rotatable bonds is 4. The number of aromatic nitrogens is 1. The first kappa shape index (κ1) is 14.8. The number of hydrogen-bond acceptors (Lipinski definition) is 4. The number of amides is 1. The van der Waals surface area contributed by atoms with Crippen molar-refractivity contribution in [1.29, 1.82) is 5.26 Å². The molecule has 0 aliphatic rings. The van der Waals surface area contributed by atoms with E-state index in [0.717, 1.165) is 12.2 Å². The molecular formula is C15H13ClN4O. The lowest BCUT2D eigenvalue weighted by Gasteiger charge is -2.08. The highest BCUT2D eigenvalue weighted by Crippen LogP contribution is 2.23. The lowest BCUT2D eigenvalue weighted by Crippen LogP contribution is -2.14. The third-order valence-electron chi connectivity index (χ3n) is 2.72. The molecule has 1 heterocycles. The summed E-state index contributed by atoms with van der Waals surface area (Å²) in [5, 5.41) is 14.8. The largest absolute Gasteiger partial charge is 0.384 e. The van der Waals surface area contributed by atoms with E-state index in [1.54, 1.807) is 30.5 Å². The van der Waals surface area contributed by atoms with Crippen molar-refractivity contribution in [3.63, 3.8) is 0 Å². The van der Waals surface area contributed by atoms with Crippen molar-refractivity contribution >= 4 is 28.9 Å². The van der Waals surface area contributed by atoms with E-state index in [-0.39, 0.29) is 11.6 Å². The number of anilines is 2. The van der Waals surface area contributed by atoms with Crippen LogP contribution in [-0.4, -0.2) is 17.4 Å². The molecule has 0 saturated heterocycles. The van der Waals surface area contributed by atoms with Gasteiger partial charge in [-0.15, -0.1) is 0 Å². The van der Waals surface area contributed by atoms with Gasteiger partial charge < -0.3 is 10.6 Å². The number of nitriles is 1. The highest BCUT2D eigenvalue weighted by Gasteiger charge is 2.10. The molecule has 5 nitrogen and oxygen atoms in total. The maximum atomic E-state index is 12.1. The maximum absolute atomic E-state index is 12.1. The number of nitrogens with zero attached hydrogens (tertiary/aromatic N) is 2. The molecule has 2 aromatic rings. The minimum absolute atomic E-state index is 0.289. The molecule has 0 bridgehead atoms. The van der Waals surface area contributed by atoms with Crippen molar-refractivity contribution in [2.24, 2.45) is 0 Å². The molecule has 0 unspecified atom stereocenters. The highest BCUT2D eigenvalue weighted by molar-refractivity contribution is 6.34. The summed E-state index contributed by atoms with van der Waals surface area (Å²) >= 11 is 6.01. The zero-order valence-electron chi connectivity index (χ0n) is 11.4. The fourth-order valence-corrected chi connectivity index (χ4v) is 1.94. The van der Waals surface area contributed by atoms with Crippen molar-refractivity contribution in [3.05, 3.63) is 52.8 Å². The summed E-state index contributed by atoms with van der Waals surface area (Å²) < 4.78 is 0. The Labute approximate surface area is 127 Å². The van der Waals surface area contributed by atoms with E-state index in [0.29, 0.717) is 16.3 Å². The lowest BCUT2D eigenvalue weighted by atomic mass is 10.2. The number of halogens is 1. The van der Waals surface area contributed by atoms with Gasteiger partial charge in [-0.3, -0.25) is 4.79 Å². The van der Waals surface area contributed by atoms with Gasteiger partial charge in [-0.25, -0.2) is 4.98 Å². The van der Waals surface area contributed by atoms with E-state index >= 15 is 0 Å². The average Bonchev–Trinajstić information content (AvgIpc) is 2.50. The summed E-state index contributed by atoms with van der Waals surface area (Å²) in [6, 6.07) is 10.1. The van der Waals surface area contributed by atoms with Gasteiger partial charge in [0.2, 0.25) is 0 Å². The van der Waals surface area contributed by atoms with E-state index < -0.39 is 0 Å². The SMILES string of the molecule is CCNc1ccc(C(=O)Nc2ccc(C#N)cc2Cl)nc1. The van der Waals surface area contributed by atoms with Crippen LogP contribution in [0.5, 0.6) is 0 Å². The third kappa shape index (κ3) is 3.71. The zero-order chi connectivity index (χ0) is 15.2. The van der Waals surface area contributed by atoms with Gasteiger partial charge in [0.1, 0.15) is 5.69 Å². The molecule has 2 N–H and O–H groups in total. The summed E-state index contributed by atoms with van der Waals surface area (Å²) in [4.78, 5) is 16.2. The summed E-state index contributed by atoms with van der Waals surface area (Å²) in [6.45, 7) is 2.77. The number of pyridine rings is 1. The van der Waals surface area contributed by atoms with Crippen molar-refractivity contribution in [1.82, 2.24) is 4.98 Å². The van der Waals surface area contributed by atoms with Crippen molar-refractivity contribution in [3.8, 4) is 6.07 Å². The monoisotopic (exact) mass is 300 g/mol. The van der Waals surface area contributed by atoms with E-state index in [4.69, 9.17) is 16.9 Å². The normalized spacial score (nSPS) is 9.76. The third-order valence-corrected chi connectivity index (χ3v) is 3.04. The lowest BCUT2D eigenvalue weighted by molar-refractivity contribution is 0.102. The first-order valence-corrected chi connectivity index (χ1v) is 6.72. The average molecular weight is 301 g/mol. The predicted octanol–water partition coefficient (Wildman–Crippen LogP) is 3.29. The Morgan fingerprint density at radius 2 is 2.19 bits per heavy atom. The summed E-state index contributed by atoms with van der Waals surface area (Å²) in [6.07, 6.45) is 1.60. The Bertz CT molecular complexity index is 692. The minimum atomic E-state index is -0.357. The van der Waals surface area contributed by atoms with Crippen LogP contribution in [0, 0.1) is 11.3 Å². The first-order valence-electron chi connectivity index (χ1n) is 6.35. The van der Waals surface area contributed by atoms with Gasteiger partial charge in [-0.05, 0) is 37.3 Å². The Kier molecular flexibility index (Phi) is 4.75. The van der Waals surface area contributed by atoms with Gasteiger partial charge >= 0.3 is 0 Å². The van der Waals surface area contributed by atoms with E-state index in [9.17, 15) is 4.79 Å². The molecule has 0 saturated carbocycles. The predicted molar refractivity (Wildman–Crippen MR) is 82.5 cm³/mol. The molecule has 0 radical (unpaired) electrons. The van der Waals surface area contributed by atoms with E-state index in [1.807, 2.05) is 13.0 Å². The molecule has 0 atom stereocenters. The number of nitrogens with one attached hydrogen (secondary N) is 2. The van der Waals surface area contributed by atoms with Crippen LogP contribution < -0.4 is 10.6 Å². The molecular weight excluding hydrogens is 288 g/mol. The van der Waals surface area contributed by atoms with Crippen LogP contribution >= 0.6 is 11.6 Å². The number of carbonyl (C=O) groups is 1. The standard InChI is InChI=1S/C15H13ClN4O/c1-2-18-11-4-6-14(19-9-11)15(21)20-13-5-3-10(8-17)7-12(13)16/h3-7,9,18H,2H2,1H3,(H,20,21). The molecule has 0 aliphatic carbocycles. The summed E-state index contributed by atoms with van der Waals surface area (Å²) in [7, 11) is 0. The fourth-order valence-electron chi connectivity index (χ4n) is 1.71. The van der Waals surface area contributed by atoms with Crippen LogP contribution in [0.2, 0.25) is 5.02 Å². The molecule has 21 heavy (non-hydrogen) atoms. The topological polar surface area (TPSA) is 77.8 Å². The minimum Gasteiger partial charge on any atom is -0.384 e. The molecule has 106 valence electrons. The zero-order valence-corrected chi connectivity index (χ0v) is 12.1. The fraction of sp³-hybridized carbons (Fsp3) is 0.133. The Balaban J connectivity index is 2.12. The molecule has 1 aromatic heterocycles. The van der Waals surface area contributed by atoms with Crippen molar-refractivity contribution in [2.75, 3.05) is 17.2 Å². The van der Waals surface area contributed by atoms with Gasteiger partial charge in [0.25, 0.3) is 5.91 Å². The summed E-state index contributed by atoms with van der Waals surface area (Å²) in [5.74, 6) is -0.357. The number of hydrogen-bond donors (Lipinski definition) is 2. The second kappa shape index (κ2) is 6.73. The van der Waals surface area contributed by atoms with E-state index in [2.05, 4.69) is 15.6 Å². The number of carbonyl (C=O) groups excluding carboxylic acids is 1. The van der Waals surface area contributed by atoms with Gasteiger partial charge in [0.05, 0.1) is 34.2 Å². The second-order valence-electron chi connectivity index (χ2n) is 4.22. The van der Waals surface area contributed by atoms with Gasteiger partial charge in [0, 0.05) is 6.54 Å². The molecule has 0 fully saturated rings. The highest BCUT2D eigenvalue weighted by atomic mass is 35.5. The van der Waals surface area contributed by atoms with Crippen LogP contribution in [0.4, 0.5) is 11.4 Å². The molecule has 0 aliphatic heterocycles. The Morgan fingerprint density at radius 1 is 1.38 bits per heavy atom. The second-order valence-corrected chi connectivity index (χ2v) is 4.63. The van der Waals surface area contributed by atoms with Crippen molar-refractivity contribution in [2.45, 2.75) is 6.92 Å². The van der Waals surface area contributed by atoms with Crippen LogP contribution in [0.15, 0.2) is 36.5 Å².